The van der Waals surface area contributed by atoms with Crippen molar-refractivity contribution in [2.45, 2.75) is 18.0 Å². The van der Waals surface area contributed by atoms with Crippen molar-refractivity contribution in [1.82, 2.24) is 20.0 Å². The summed E-state index contributed by atoms with van der Waals surface area (Å²) in [5.41, 5.74) is -1.83. The van der Waals surface area contributed by atoms with Gasteiger partial charge in [-0.2, -0.15) is 17.9 Å². The summed E-state index contributed by atoms with van der Waals surface area (Å²) in [7, 11) is -4.03. The van der Waals surface area contributed by atoms with Crippen molar-refractivity contribution in [2.24, 2.45) is 0 Å². The van der Waals surface area contributed by atoms with Crippen LogP contribution in [0.1, 0.15) is 12.5 Å². The first kappa shape index (κ1) is 23.8. The highest BCUT2D eigenvalue weighted by atomic mass is 35.5. The maximum Gasteiger partial charge on any atom is 0.416 e. The molecule has 34 heavy (non-hydrogen) atoms. The molecule has 0 aliphatic rings. The van der Waals surface area contributed by atoms with Gasteiger partial charge < -0.3 is 0 Å². The molecule has 0 spiro atoms. The van der Waals surface area contributed by atoms with E-state index in [1.807, 2.05) is 0 Å². The van der Waals surface area contributed by atoms with Gasteiger partial charge in [-0.1, -0.05) is 23.7 Å². The number of hydrogen-bond acceptors (Lipinski definition) is 6. The van der Waals surface area contributed by atoms with Crippen LogP contribution in [0.2, 0.25) is 5.02 Å². The Labute approximate surface area is 194 Å². The van der Waals surface area contributed by atoms with Crippen LogP contribution >= 0.6 is 11.6 Å². The maximum atomic E-state index is 13.8. The van der Waals surface area contributed by atoms with E-state index < -0.39 is 49.1 Å². The lowest BCUT2D eigenvalue weighted by Gasteiger charge is -2.13. The fourth-order valence-corrected chi connectivity index (χ4v) is 4.47. The predicted octanol–water partition coefficient (Wildman–Crippen LogP) is 4.45. The van der Waals surface area contributed by atoms with E-state index in [0.29, 0.717) is 10.7 Å². The number of sulfone groups is 1. The molecule has 4 aromatic rings. The molecule has 0 bridgehead atoms. The average molecular weight is 513 g/mol. The predicted molar refractivity (Wildman–Crippen MR) is 116 cm³/mol. The summed E-state index contributed by atoms with van der Waals surface area (Å²) in [6.45, 7) is 1.36. The molecule has 2 aromatic heterocycles. The maximum absolute atomic E-state index is 13.8. The largest absolute Gasteiger partial charge is 0.416 e. The van der Waals surface area contributed by atoms with E-state index >= 15 is 0 Å². The fraction of sp³-hybridized carbons (Fsp3) is 0.143. The number of fused-ring (bicyclic) bond motifs is 1. The smallest absolute Gasteiger partial charge is 0.267 e. The van der Waals surface area contributed by atoms with Crippen molar-refractivity contribution in [3.8, 4) is 16.9 Å². The second-order valence-corrected chi connectivity index (χ2v) is 9.83. The summed E-state index contributed by atoms with van der Waals surface area (Å²) in [6, 6.07) is 7.10. The highest BCUT2D eigenvalue weighted by Crippen LogP contribution is 2.31. The normalized spacial score (nSPS) is 12.3. The second kappa shape index (κ2) is 8.44. The standard InChI is InChI=1S/C21H13ClF4N4O3S/c1-2-34(32,33)18-7-12(11-5-14(22)9-15(23)6-11)10-27-19(18)30-20(31)16-8-13(21(24,25)26)3-4-17(16)28-29-30/h3-10H,2H2,1H3. The van der Waals surface area contributed by atoms with Crippen LogP contribution < -0.4 is 5.56 Å². The minimum Gasteiger partial charge on any atom is -0.267 e. The number of halogens is 5. The Morgan fingerprint density at radius 2 is 1.79 bits per heavy atom. The van der Waals surface area contributed by atoms with E-state index in [1.165, 1.54) is 19.2 Å². The molecule has 0 saturated carbocycles. The molecule has 0 N–H and O–H groups in total. The number of hydrogen-bond donors (Lipinski definition) is 0. The molecule has 176 valence electrons. The SMILES string of the molecule is CCS(=O)(=O)c1cc(-c2cc(F)cc(Cl)c2)cnc1-n1nnc2ccc(C(F)(F)F)cc2c1=O. The number of pyridine rings is 1. The molecular formula is C21H13ClF4N4O3S. The van der Waals surface area contributed by atoms with E-state index in [2.05, 4.69) is 15.3 Å². The van der Waals surface area contributed by atoms with Gasteiger partial charge >= 0.3 is 6.18 Å². The Hall–Kier alpha value is -3.38. The van der Waals surface area contributed by atoms with Gasteiger partial charge in [-0.05, 0) is 48.0 Å². The van der Waals surface area contributed by atoms with Gasteiger partial charge in [-0.3, -0.25) is 4.79 Å². The Balaban J connectivity index is 1.98. The molecule has 2 heterocycles. The van der Waals surface area contributed by atoms with Gasteiger partial charge in [0.2, 0.25) is 0 Å². The molecule has 0 aliphatic heterocycles. The van der Waals surface area contributed by atoms with Crippen molar-refractivity contribution in [1.29, 1.82) is 0 Å². The topological polar surface area (TPSA) is 94.8 Å². The Bertz CT molecular complexity index is 1580. The second-order valence-electron chi connectivity index (χ2n) is 7.14. The van der Waals surface area contributed by atoms with E-state index in [1.54, 1.807) is 0 Å². The van der Waals surface area contributed by atoms with Crippen LogP contribution in [-0.4, -0.2) is 34.1 Å². The summed E-state index contributed by atoms with van der Waals surface area (Å²) >= 11 is 5.88. The summed E-state index contributed by atoms with van der Waals surface area (Å²) < 4.78 is 79.4. The van der Waals surface area contributed by atoms with Crippen LogP contribution in [0.15, 0.2) is 58.4 Å². The molecule has 4 rings (SSSR count). The van der Waals surface area contributed by atoms with Crippen LogP contribution in [-0.2, 0) is 16.0 Å². The minimum absolute atomic E-state index is 0.0658. The Morgan fingerprint density at radius 3 is 2.44 bits per heavy atom. The van der Waals surface area contributed by atoms with Crippen LogP contribution in [0.5, 0.6) is 0 Å². The van der Waals surface area contributed by atoms with Gasteiger partial charge in [0.1, 0.15) is 16.2 Å². The van der Waals surface area contributed by atoms with E-state index in [4.69, 9.17) is 11.6 Å². The van der Waals surface area contributed by atoms with Gasteiger partial charge in [0, 0.05) is 16.8 Å². The van der Waals surface area contributed by atoms with Crippen molar-refractivity contribution in [2.75, 3.05) is 5.75 Å². The lowest BCUT2D eigenvalue weighted by molar-refractivity contribution is -0.137. The summed E-state index contributed by atoms with van der Waals surface area (Å²) in [5.74, 6) is -1.50. The van der Waals surface area contributed by atoms with Gasteiger partial charge in [0.25, 0.3) is 5.56 Å². The molecule has 0 fully saturated rings. The van der Waals surface area contributed by atoms with Gasteiger partial charge in [-0.25, -0.2) is 17.8 Å². The molecule has 7 nitrogen and oxygen atoms in total. The molecule has 0 saturated heterocycles. The van der Waals surface area contributed by atoms with Gasteiger partial charge in [-0.15, -0.1) is 5.10 Å². The lowest BCUT2D eigenvalue weighted by Crippen LogP contribution is -2.26. The van der Waals surface area contributed by atoms with Crippen LogP contribution in [0.25, 0.3) is 27.8 Å². The minimum atomic E-state index is -4.71. The third kappa shape index (κ3) is 4.38. The molecule has 0 amide bonds. The summed E-state index contributed by atoms with van der Waals surface area (Å²) in [4.78, 5) is 16.6. The number of benzene rings is 2. The van der Waals surface area contributed by atoms with Crippen LogP contribution in [0, 0.1) is 5.82 Å². The zero-order valence-corrected chi connectivity index (χ0v) is 18.7. The van der Waals surface area contributed by atoms with Crippen molar-refractivity contribution in [3.63, 3.8) is 0 Å². The molecule has 0 unspecified atom stereocenters. The third-order valence-electron chi connectivity index (χ3n) is 4.93. The highest BCUT2D eigenvalue weighted by molar-refractivity contribution is 7.91. The average Bonchev–Trinajstić information content (AvgIpc) is 2.77. The van der Waals surface area contributed by atoms with Crippen LogP contribution in [0.3, 0.4) is 0 Å². The Kier molecular flexibility index (Phi) is 5.90. The summed E-state index contributed by atoms with van der Waals surface area (Å²) in [6.07, 6.45) is -3.54. The molecule has 0 atom stereocenters. The molecular weight excluding hydrogens is 500 g/mol. The van der Waals surface area contributed by atoms with Crippen LogP contribution in [0.4, 0.5) is 17.6 Å². The number of nitrogens with zero attached hydrogens (tertiary/aromatic N) is 4. The number of rotatable bonds is 4. The zero-order valence-electron chi connectivity index (χ0n) is 17.1. The van der Waals surface area contributed by atoms with Crippen molar-refractivity contribution >= 4 is 32.3 Å². The van der Waals surface area contributed by atoms with E-state index in [9.17, 15) is 30.8 Å². The molecule has 0 radical (unpaired) electrons. The molecule has 2 aromatic carbocycles. The first-order valence-electron chi connectivity index (χ1n) is 9.57. The number of alkyl halides is 3. The molecule has 0 aliphatic carbocycles. The van der Waals surface area contributed by atoms with Crippen molar-refractivity contribution < 1.29 is 26.0 Å². The fourth-order valence-electron chi connectivity index (χ4n) is 3.22. The van der Waals surface area contributed by atoms with Gasteiger partial charge in [0.15, 0.2) is 15.7 Å². The quantitative estimate of drug-likeness (QED) is 0.375. The first-order valence-corrected chi connectivity index (χ1v) is 11.6. The Morgan fingerprint density at radius 1 is 1.06 bits per heavy atom. The number of aromatic nitrogens is 4. The van der Waals surface area contributed by atoms with Crippen molar-refractivity contribution in [3.05, 3.63) is 75.4 Å². The highest BCUT2D eigenvalue weighted by Gasteiger charge is 2.31. The lowest BCUT2D eigenvalue weighted by atomic mass is 10.1. The monoisotopic (exact) mass is 512 g/mol. The van der Waals surface area contributed by atoms with E-state index in [-0.39, 0.29) is 27.4 Å². The first-order chi connectivity index (χ1) is 15.9. The molecule has 13 heteroatoms. The third-order valence-corrected chi connectivity index (χ3v) is 6.88. The zero-order chi connectivity index (χ0) is 24.8. The van der Waals surface area contributed by atoms with E-state index in [0.717, 1.165) is 30.3 Å². The van der Waals surface area contributed by atoms with Gasteiger partial charge in [0.05, 0.1) is 16.7 Å². The summed E-state index contributed by atoms with van der Waals surface area (Å²) in [5, 5.41) is 7.05.